The fourth-order valence-electron chi connectivity index (χ4n) is 2.07. The number of benzene rings is 2. The number of halogens is 1. The van der Waals surface area contributed by atoms with E-state index >= 15 is 0 Å². The second-order valence-corrected chi connectivity index (χ2v) is 5.15. The number of anilines is 2. The molecular formula is C16H17ClN2O. The zero-order valence-electron chi connectivity index (χ0n) is 11.8. The molecule has 4 heteroatoms. The van der Waals surface area contributed by atoms with Crippen LogP contribution in [0, 0.1) is 13.8 Å². The molecule has 104 valence electrons. The van der Waals surface area contributed by atoms with Gasteiger partial charge in [-0.15, -0.1) is 0 Å². The maximum Gasteiger partial charge on any atom is 0.257 e. The van der Waals surface area contributed by atoms with Crippen molar-refractivity contribution < 1.29 is 4.79 Å². The van der Waals surface area contributed by atoms with Gasteiger partial charge in [-0.1, -0.05) is 29.3 Å². The van der Waals surface area contributed by atoms with Crippen LogP contribution in [0.1, 0.15) is 21.5 Å². The summed E-state index contributed by atoms with van der Waals surface area (Å²) in [5, 5.41) is 6.45. The van der Waals surface area contributed by atoms with Crippen molar-refractivity contribution in [2.24, 2.45) is 0 Å². The Kier molecular flexibility index (Phi) is 4.30. The Morgan fingerprint density at radius 1 is 1.05 bits per heavy atom. The lowest BCUT2D eigenvalue weighted by atomic mass is 10.1. The van der Waals surface area contributed by atoms with E-state index in [0.29, 0.717) is 10.6 Å². The summed E-state index contributed by atoms with van der Waals surface area (Å²) in [6.45, 7) is 3.99. The van der Waals surface area contributed by atoms with E-state index in [9.17, 15) is 4.79 Å². The Hall–Kier alpha value is -2.00. The van der Waals surface area contributed by atoms with Crippen LogP contribution in [0.25, 0.3) is 0 Å². The van der Waals surface area contributed by atoms with Crippen molar-refractivity contribution in [3.05, 3.63) is 58.1 Å². The number of carbonyl (C=O) groups is 1. The summed E-state index contributed by atoms with van der Waals surface area (Å²) < 4.78 is 0. The third-order valence-corrected chi connectivity index (χ3v) is 3.36. The van der Waals surface area contributed by atoms with Gasteiger partial charge < -0.3 is 10.6 Å². The molecule has 0 aromatic heterocycles. The highest BCUT2D eigenvalue weighted by atomic mass is 35.5. The maximum atomic E-state index is 12.4. The van der Waals surface area contributed by atoms with Crippen molar-refractivity contribution >= 4 is 28.9 Å². The van der Waals surface area contributed by atoms with Gasteiger partial charge >= 0.3 is 0 Å². The lowest BCUT2D eigenvalue weighted by Gasteiger charge is -2.12. The number of amides is 1. The van der Waals surface area contributed by atoms with Crippen LogP contribution in [0.3, 0.4) is 0 Å². The predicted octanol–water partition coefficient (Wildman–Crippen LogP) is 4.25. The van der Waals surface area contributed by atoms with Gasteiger partial charge in [0, 0.05) is 23.4 Å². The van der Waals surface area contributed by atoms with Crippen molar-refractivity contribution in [2.45, 2.75) is 13.8 Å². The van der Waals surface area contributed by atoms with Crippen LogP contribution in [0.15, 0.2) is 36.4 Å². The van der Waals surface area contributed by atoms with Crippen LogP contribution >= 0.6 is 11.6 Å². The average molecular weight is 289 g/mol. The minimum Gasteiger partial charge on any atom is -0.387 e. The standard InChI is InChI=1S/C16H17ClN2O/c1-10-4-6-14(11(2)8-10)19-16(20)13-9-12(17)5-7-15(13)18-3/h4-9,18H,1-3H3,(H,19,20). The smallest absolute Gasteiger partial charge is 0.257 e. The molecule has 0 fully saturated rings. The van der Waals surface area contributed by atoms with E-state index in [4.69, 9.17) is 11.6 Å². The quantitative estimate of drug-likeness (QED) is 0.886. The fraction of sp³-hybridized carbons (Fsp3) is 0.188. The zero-order valence-corrected chi connectivity index (χ0v) is 12.5. The molecule has 0 aliphatic rings. The topological polar surface area (TPSA) is 41.1 Å². The molecule has 0 unspecified atom stereocenters. The summed E-state index contributed by atoms with van der Waals surface area (Å²) in [6, 6.07) is 11.1. The molecule has 2 aromatic carbocycles. The lowest BCUT2D eigenvalue weighted by Crippen LogP contribution is -2.14. The first-order chi connectivity index (χ1) is 9.51. The van der Waals surface area contributed by atoms with Crippen molar-refractivity contribution in [1.29, 1.82) is 0 Å². The molecule has 0 spiro atoms. The highest BCUT2D eigenvalue weighted by Crippen LogP contribution is 2.23. The molecule has 1 amide bonds. The SMILES string of the molecule is CNc1ccc(Cl)cc1C(=O)Nc1ccc(C)cc1C. The third-order valence-electron chi connectivity index (χ3n) is 3.13. The van der Waals surface area contributed by atoms with Gasteiger partial charge in [-0.2, -0.15) is 0 Å². The largest absolute Gasteiger partial charge is 0.387 e. The zero-order chi connectivity index (χ0) is 14.7. The predicted molar refractivity (Wildman–Crippen MR) is 84.9 cm³/mol. The molecular weight excluding hydrogens is 272 g/mol. The van der Waals surface area contributed by atoms with Crippen molar-refractivity contribution in [1.82, 2.24) is 0 Å². The highest BCUT2D eigenvalue weighted by molar-refractivity contribution is 6.31. The van der Waals surface area contributed by atoms with E-state index in [1.165, 1.54) is 5.56 Å². The van der Waals surface area contributed by atoms with Crippen LogP contribution in [0.4, 0.5) is 11.4 Å². The molecule has 0 saturated carbocycles. The summed E-state index contributed by atoms with van der Waals surface area (Å²) in [7, 11) is 1.77. The van der Waals surface area contributed by atoms with Crippen LogP contribution in [-0.2, 0) is 0 Å². The van der Waals surface area contributed by atoms with Crippen molar-refractivity contribution in [2.75, 3.05) is 17.7 Å². The van der Waals surface area contributed by atoms with Gasteiger partial charge in [0.15, 0.2) is 0 Å². The summed E-state index contributed by atoms with van der Waals surface area (Å²) >= 11 is 5.97. The molecule has 2 N–H and O–H groups in total. The molecule has 0 heterocycles. The molecule has 2 rings (SSSR count). The average Bonchev–Trinajstić information content (AvgIpc) is 2.41. The summed E-state index contributed by atoms with van der Waals surface area (Å²) in [5.74, 6) is -0.177. The number of rotatable bonds is 3. The molecule has 2 aromatic rings. The Morgan fingerprint density at radius 3 is 2.40 bits per heavy atom. The highest BCUT2D eigenvalue weighted by Gasteiger charge is 2.12. The van der Waals surface area contributed by atoms with E-state index in [1.807, 2.05) is 32.0 Å². The maximum absolute atomic E-state index is 12.4. The second-order valence-electron chi connectivity index (χ2n) is 4.71. The Labute approximate surface area is 124 Å². The number of hydrogen-bond donors (Lipinski definition) is 2. The lowest BCUT2D eigenvalue weighted by molar-refractivity contribution is 0.102. The Bertz CT molecular complexity index is 653. The summed E-state index contributed by atoms with van der Waals surface area (Å²) in [4.78, 5) is 12.4. The van der Waals surface area contributed by atoms with Gasteiger partial charge in [0.2, 0.25) is 0 Å². The first-order valence-corrected chi connectivity index (χ1v) is 6.75. The van der Waals surface area contributed by atoms with Crippen molar-refractivity contribution in [3.8, 4) is 0 Å². The van der Waals surface area contributed by atoms with E-state index in [-0.39, 0.29) is 5.91 Å². The minimum absolute atomic E-state index is 0.177. The van der Waals surface area contributed by atoms with E-state index < -0.39 is 0 Å². The number of carbonyl (C=O) groups excluding carboxylic acids is 1. The molecule has 0 bridgehead atoms. The summed E-state index contributed by atoms with van der Waals surface area (Å²) in [5.41, 5.74) is 4.28. The summed E-state index contributed by atoms with van der Waals surface area (Å²) in [6.07, 6.45) is 0. The van der Waals surface area contributed by atoms with E-state index in [2.05, 4.69) is 10.6 Å². The first kappa shape index (κ1) is 14.4. The van der Waals surface area contributed by atoms with Gasteiger partial charge in [0.25, 0.3) is 5.91 Å². The van der Waals surface area contributed by atoms with Gasteiger partial charge in [-0.3, -0.25) is 4.79 Å². The minimum atomic E-state index is -0.177. The Balaban J connectivity index is 2.30. The van der Waals surface area contributed by atoms with Crippen LogP contribution in [-0.4, -0.2) is 13.0 Å². The van der Waals surface area contributed by atoms with Crippen molar-refractivity contribution in [3.63, 3.8) is 0 Å². The van der Waals surface area contributed by atoms with Crippen LogP contribution in [0.5, 0.6) is 0 Å². The van der Waals surface area contributed by atoms with Crippen LogP contribution in [0.2, 0.25) is 5.02 Å². The first-order valence-electron chi connectivity index (χ1n) is 6.37. The second kappa shape index (κ2) is 5.97. The molecule has 0 radical (unpaired) electrons. The van der Waals surface area contributed by atoms with E-state index in [0.717, 1.165) is 16.9 Å². The van der Waals surface area contributed by atoms with Crippen LogP contribution < -0.4 is 10.6 Å². The normalized spacial score (nSPS) is 10.2. The molecule has 20 heavy (non-hydrogen) atoms. The fourth-order valence-corrected chi connectivity index (χ4v) is 2.24. The van der Waals surface area contributed by atoms with Gasteiger partial charge in [-0.25, -0.2) is 0 Å². The number of hydrogen-bond acceptors (Lipinski definition) is 2. The van der Waals surface area contributed by atoms with Gasteiger partial charge in [0.05, 0.1) is 5.56 Å². The molecule has 0 aliphatic heterocycles. The molecule has 0 atom stereocenters. The monoisotopic (exact) mass is 288 g/mol. The number of aryl methyl sites for hydroxylation is 2. The van der Waals surface area contributed by atoms with Gasteiger partial charge in [-0.05, 0) is 43.7 Å². The Morgan fingerprint density at radius 2 is 1.75 bits per heavy atom. The molecule has 0 saturated heterocycles. The van der Waals surface area contributed by atoms with E-state index in [1.54, 1.807) is 25.2 Å². The van der Waals surface area contributed by atoms with Gasteiger partial charge in [0.1, 0.15) is 0 Å². The number of nitrogens with one attached hydrogen (secondary N) is 2. The molecule has 3 nitrogen and oxygen atoms in total. The molecule has 0 aliphatic carbocycles. The third kappa shape index (κ3) is 3.11.